The van der Waals surface area contributed by atoms with Crippen LogP contribution >= 0.6 is 0 Å². The average Bonchev–Trinajstić information content (AvgIpc) is 3.19. The molecule has 0 aliphatic rings. The SMILES string of the molecule is COc1ccccc1C=CC=NNC(=O)c1cc(-c2ccccc2)n[nH]1. The van der Waals surface area contributed by atoms with Gasteiger partial charge in [0.15, 0.2) is 0 Å². The Kier molecular flexibility index (Phi) is 5.57. The fourth-order valence-electron chi connectivity index (χ4n) is 2.34. The molecule has 0 aliphatic carbocycles. The summed E-state index contributed by atoms with van der Waals surface area (Å²) in [5.74, 6) is 0.411. The van der Waals surface area contributed by atoms with Crippen molar-refractivity contribution in [2.24, 2.45) is 5.10 Å². The topological polar surface area (TPSA) is 79.4 Å². The highest BCUT2D eigenvalue weighted by Gasteiger charge is 2.09. The number of methoxy groups -OCH3 is 1. The number of aromatic nitrogens is 2. The number of nitrogens with one attached hydrogen (secondary N) is 2. The van der Waals surface area contributed by atoms with E-state index in [0.717, 1.165) is 16.9 Å². The number of amides is 1. The fourth-order valence-corrected chi connectivity index (χ4v) is 2.34. The Bertz CT molecular complexity index is 930. The highest BCUT2D eigenvalue weighted by atomic mass is 16.5. The first-order chi connectivity index (χ1) is 12.8. The maximum Gasteiger partial charge on any atom is 0.289 e. The molecule has 2 N–H and O–H groups in total. The Labute approximate surface area is 151 Å². The number of ether oxygens (including phenoxy) is 1. The molecular weight excluding hydrogens is 328 g/mol. The third kappa shape index (κ3) is 4.24. The summed E-state index contributed by atoms with van der Waals surface area (Å²) in [5, 5.41) is 10.8. The van der Waals surface area contributed by atoms with E-state index < -0.39 is 0 Å². The Morgan fingerprint density at radius 2 is 1.92 bits per heavy atom. The van der Waals surface area contributed by atoms with Gasteiger partial charge in [-0.2, -0.15) is 10.2 Å². The Balaban J connectivity index is 1.58. The van der Waals surface area contributed by atoms with Crippen LogP contribution in [-0.2, 0) is 0 Å². The van der Waals surface area contributed by atoms with Gasteiger partial charge in [-0.1, -0.05) is 48.5 Å². The van der Waals surface area contributed by atoms with E-state index in [4.69, 9.17) is 4.74 Å². The molecule has 1 heterocycles. The van der Waals surface area contributed by atoms with Gasteiger partial charge >= 0.3 is 0 Å². The molecular formula is C20H18N4O2. The van der Waals surface area contributed by atoms with Crippen LogP contribution in [0.15, 0.2) is 71.8 Å². The summed E-state index contributed by atoms with van der Waals surface area (Å²) in [6.45, 7) is 0. The summed E-state index contributed by atoms with van der Waals surface area (Å²) in [6.07, 6.45) is 5.07. The van der Waals surface area contributed by atoms with Crippen molar-refractivity contribution in [3.8, 4) is 17.0 Å². The number of rotatable bonds is 6. The molecule has 26 heavy (non-hydrogen) atoms. The number of nitrogens with zero attached hydrogens (tertiary/aromatic N) is 2. The summed E-state index contributed by atoms with van der Waals surface area (Å²) in [4.78, 5) is 12.1. The van der Waals surface area contributed by atoms with E-state index in [9.17, 15) is 4.79 Å². The summed E-state index contributed by atoms with van der Waals surface area (Å²) >= 11 is 0. The van der Waals surface area contributed by atoms with Gasteiger partial charge in [0.05, 0.1) is 12.8 Å². The molecule has 2 aromatic carbocycles. The fraction of sp³-hybridized carbons (Fsp3) is 0.0500. The van der Waals surface area contributed by atoms with Gasteiger partial charge in [0, 0.05) is 17.3 Å². The number of benzene rings is 2. The minimum Gasteiger partial charge on any atom is -0.496 e. The minimum absolute atomic E-state index is 0.342. The number of carbonyl (C=O) groups is 1. The number of aromatic amines is 1. The van der Waals surface area contributed by atoms with Crippen molar-refractivity contribution in [3.05, 3.63) is 78.0 Å². The lowest BCUT2D eigenvalue weighted by Gasteiger charge is -2.02. The second-order valence-corrected chi connectivity index (χ2v) is 5.35. The Hall–Kier alpha value is -3.67. The first-order valence-corrected chi connectivity index (χ1v) is 8.02. The zero-order valence-corrected chi connectivity index (χ0v) is 14.2. The molecule has 0 spiro atoms. The molecule has 0 unspecified atom stereocenters. The van der Waals surface area contributed by atoms with Crippen molar-refractivity contribution >= 4 is 18.2 Å². The lowest BCUT2D eigenvalue weighted by atomic mass is 10.1. The second-order valence-electron chi connectivity index (χ2n) is 5.35. The molecule has 0 aliphatic heterocycles. The van der Waals surface area contributed by atoms with Crippen LogP contribution in [0.1, 0.15) is 16.1 Å². The van der Waals surface area contributed by atoms with Crippen LogP contribution in [0.4, 0.5) is 0 Å². The van der Waals surface area contributed by atoms with E-state index in [2.05, 4.69) is 20.7 Å². The van der Waals surface area contributed by atoms with Crippen molar-refractivity contribution in [3.63, 3.8) is 0 Å². The smallest absolute Gasteiger partial charge is 0.289 e. The van der Waals surface area contributed by atoms with Crippen LogP contribution < -0.4 is 10.2 Å². The van der Waals surface area contributed by atoms with Crippen LogP contribution in [0.3, 0.4) is 0 Å². The lowest BCUT2D eigenvalue weighted by Crippen LogP contribution is -2.17. The first-order valence-electron chi connectivity index (χ1n) is 8.02. The summed E-state index contributed by atoms with van der Waals surface area (Å²) in [5.41, 5.74) is 5.36. The lowest BCUT2D eigenvalue weighted by molar-refractivity contribution is 0.0950. The van der Waals surface area contributed by atoms with E-state index in [1.807, 2.05) is 60.7 Å². The number of hydrogen-bond acceptors (Lipinski definition) is 4. The van der Waals surface area contributed by atoms with Crippen LogP contribution in [-0.4, -0.2) is 29.4 Å². The predicted molar refractivity (Wildman–Crippen MR) is 102 cm³/mol. The maximum atomic E-state index is 12.1. The second kappa shape index (κ2) is 8.43. The highest BCUT2D eigenvalue weighted by molar-refractivity contribution is 5.94. The van der Waals surface area contributed by atoms with E-state index in [0.29, 0.717) is 11.4 Å². The van der Waals surface area contributed by atoms with Crippen LogP contribution in [0.25, 0.3) is 17.3 Å². The van der Waals surface area contributed by atoms with Crippen LogP contribution in [0.2, 0.25) is 0 Å². The third-order valence-corrected chi connectivity index (χ3v) is 3.63. The van der Waals surface area contributed by atoms with Gasteiger partial charge in [-0.15, -0.1) is 0 Å². The molecule has 130 valence electrons. The third-order valence-electron chi connectivity index (χ3n) is 3.63. The molecule has 6 heteroatoms. The zero-order chi connectivity index (χ0) is 18.2. The summed E-state index contributed by atoms with van der Waals surface area (Å²) < 4.78 is 5.26. The van der Waals surface area contributed by atoms with Crippen LogP contribution in [0.5, 0.6) is 5.75 Å². The van der Waals surface area contributed by atoms with Gasteiger partial charge in [-0.05, 0) is 24.3 Å². The maximum absolute atomic E-state index is 12.1. The number of allylic oxidation sites excluding steroid dienone is 1. The predicted octanol–water partition coefficient (Wildman–Crippen LogP) is 3.51. The molecule has 3 rings (SSSR count). The number of para-hydroxylation sites is 1. The van der Waals surface area contributed by atoms with Gasteiger partial charge < -0.3 is 4.74 Å². The van der Waals surface area contributed by atoms with Crippen molar-refractivity contribution in [2.45, 2.75) is 0 Å². The number of carbonyl (C=O) groups excluding carboxylic acids is 1. The van der Waals surface area contributed by atoms with E-state index in [-0.39, 0.29) is 5.91 Å². The Morgan fingerprint density at radius 3 is 2.73 bits per heavy atom. The molecule has 1 amide bonds. The van der Waals surface area contributed by atoms with E-state index in [1.54, 1.807) is 19.3 Å². The first kappa shape index (κ1) is 17.2. The zero-order valence-electron chi connectivity index (χ0n) is 14.2. The normalized spacial score (nSPS) is 11.1. The van der Waals surface area contributed by atoms with Gasteiger partial charge in [0.2, 0.25) is 0 Å². The van der Waals surface area contributed by atoms with E-state index in [1.165, 1.54) is 6.21 Å². The molecule has 0 fully saturated rings. The highest BCUT2D eigenvalue weighted by Crippen LogP contribution is 2.18. The largest absolute Gasteiger partial charge is 0.496 e. The van der Waals surface area contributed by atoms with E-state index >= 15 is 0 Å². The summed E-state index contributed by atoms with van der Waals surface area (Å²) in [7, 11) is 1.62. The van der Waals surface area contributed by atoms with Gasteiger partial charge in [0.1, 0.15) is 11.4 Å². The summed E-state index contributed by atoms with van der Waals surface area (Å²) in [6, 6.07) is 18.9. The minimum atomic E-state index is -0.360. The standard InChI is InChI=1S/C20H18N4O2/c1-26-19-12-6-5-10-16(19)11-7-13-21-24-20(25)18-14-17(22-23-18)15-8-3-2-4-9-15/h2-14H,1H3,(H,22,23)(H,24,25). The number of H-pyrrole nitrogens is 1. The molecule has 0 saturated heterocycles. The number of hydrogen-bond donors (Lipinski definition) is 2. The molecule has 1 aromatic heterocycles. The molecule has 0 saturated carbocycles. The van der Waals surface area contributed by atoms with Crippen molar-refractivity contribution in [2.75, 3.05) is 7.11 Å². The monoisotopic (exact) mass is 346 g/mol. The van der Waals surface area contributed by atoms with Gasteiger partial charge in [-0.25, -0.2) is 5.43 Å². The quantitative estimate of drug-likeness (QED) is 0.529. The van der Waals surface area contributed by atoms with Gasteiger partial charge in [0.25, 0.3) is 5.91 Å². The molecule has 0 atom stereocenters. The Morgan fingerprint density at radius 1 is 1.15 bits per heavy atom. The van der Waals surface area contributed by atoms with Crippen LogP contribution in [0, 0.1) is 0 Å². The molecule has 0 bridgehead atoms. The number of hydrazone groups is 1. The molecule has 6 nitrogen and oxygen atoms in total. The molecule has 0 radical (unpaired) electrons. The van der Waals surface area contributed by atoms with Crippen molar-refractivity contribution < 1.29 is 9.53 Å². The average molecular weight is 346 g/mol. The van der Waals surface area contributed by atoms with Crippen molar-refractivity contribution in [1.82, 2.24) is 15.6 Å². The molecule has 3 aromatic rings. The van der Waals surface area contributed by atoms with Crippen molar-refractivity contribution in [1.29, 1.82) is 0 Å². The van der Waals surface area contributed by atoms with Gasteiger partial charge in [-0.3, -0.25) is 9.89 Å².